The normalized spacial score (nSPS) is 11.0. The molecule has 0 fully saturated rings. The van der Waals surface area contributed by atoms with Crippen molar-refractivity contribution in [2.45, 2.75) is 6.92 Å². The molecule has 0 N–H and O–H groups in total. The molecule has 0 aliphatic heterocycles. The molecule has 0 saturated heterocycles. The van der Waals surface area contributed by atoms with Crippen LogP contribution < -0.4 is 9.64 Å². The van der Waals surface area contributed by atoms with Crippen LogP contribution in [0.4, 0.5) is 17.1 Å². The molecule has 0 unspecified atom stereocenters. The maximum Gasteiger partial charge on any atom is 0.271 e. The summed E-state index contributed by atoms with van der Waals surface area (Å²) in [6.45, 7) is 3.41. The van der Waals surface area contributed by atoms with Gasteiger partial charge in [0.05, 0.1) is 12.0 Å². The number of alkyl halides is 2. The molecule has 0 radical (unpaired) electrons. The summed E-state index contributed by atoms with van der Waals surface area (Å²) in [6, 6.07) is 10.3. The number of halogens is 2. The molecule has 2 aromatic rings. The van der Waals surface area contributed by atoms with Gasteiger partial charge in [0.1, 0.15) is 11.4 Å². The number of rotatable bonds is 9. The predicted octanol–water partition coefficient (Wildman–Crippen LogP) is 4.95. The van der Waals surface area contributed by atoms with Gasteiger partial charge in [-0.25, -0.2) is 0 Å². The summed E-state index contributed by atoms with van der Waals surface area (Å²) < 4.78 is 5.24. The van der Waals surface area contributed by atoms with Crippen LogP contribution in [-0.4, -0.2) is 43.1 Å². The summed E-state index contributed by atoms with van der Waals surface area (Å²) in [6.07, 6.45) is 1.67. The monoisotopic (exact) mass is 409 g/mol. The smallest absolute Gasteiger partial charge is 0.271 e. The highest BCUT2D eigenvalue weighted by Gasteiger charge is 2.11. The first-order valence-corrected chi connectivity index (χ1v) is 9.41. The van der Waals surface area contributed by atoms with E-state index in [-0.39, 0.29) is 5.69 Å². The number of aliphatic imine (C=N–C) groups is 1. The Morgan fingerprint density at radius 3 is 2.44 bits per heavy atom. The van der Waals surface area contributed by atoms with E-state index in [0.29, 0.717) is 36.3 Å². The van der Waals surface area contributed by atoms with Gasteiger partial charge in [-0.2, -0.15) is 0 Å². The van der Waals surface area contributed by atoms with Crippen molar-refractivity contribution in [3.63, 3.8) is 0 Å². The van der Waals surface area contributed by atoms with Crippen LogP contribution in [0.25, 0.3) is 0 Å². The highest BCUT2D eigenvalue weighted by atomic mass is 35.5. The lowest BCUT2D eigenvalue weighted by Gasteiger charge is -2.23. The Morgan fingerprint density at radius 1 is 1.19 bits per heavy atom. The average Bonchev–Trinajstić information content (AvgIpc) is 2.66. The number of nitro benzene ring substituents is 1. The van der Waals surface area contributed by atoms with Gasteiger partial charge in [0.15, 0.2) is 0 Å². The van der Waals surface area contributed by atoms with Crippen LogP contribution in [0.3, 0.4) is 0 Å². The number of benzene rings is 2. The molecule has 0 saturated carbocycles. The zero-order chi connectivity index (χ0) is 19.8. The zero-order valence-electron chi connectivity index (χ0n) is 15.2. The van der Waals surface area contributed by atoms with Gasteiger partial charge in [-0.15, -0.1) is 23.2 Å². The Kier molecular flexibility index (Phi) is 7.88. The number of non-ortho nitro benzene ring substituents is 1. The van der Waals surface area contributed by atoms with E-state index in [2.05, 4.69) is 9.89 Å². The number of nitrogens with zero attached hydrogens (tertiary/aromatic N) is 3. The van der Waals surface area contributed by atoms with Crippen LogP contribution in [0.15, 0.2) is 41.4 Å². The summed E-state index contributed by atoms with van der Waals surface area (Å²) in [5.74, 6) is 1.51. The fourth-order valence-corrected chi connectivity index (χ4v) is 3.02. The molecule has 0 heterocycles. The van der Waals surface area contributed by atoms with Crippen molar-refractivity contribution >= 4 is 46.5 Å². The van der Waals surface area contributed by atoms with Crippen molar-refractivity contribution in [1.29, 1.82) is 0 Å². The van der Waals surface area contributed by atoms with Crippen LogP contribution in [0.5, 0.6) is 5.75 Å². The van der Waals surface area contributed by atoms with Gasteiger partial charge < -0.3 is 9.64 Å². The van der Waals surface area contributed by atoms with E-state index in [1.165, 1.54) is 25.3 Å². The molecule has 6 nitrogen and oxygen atoms in total. The molecular weight excluding hydrogens is 389 g/mol. The molecule has 0 atom stereocenters. The van der Waals surface area contributed by atoms with Crippen molar-refractivity contribution in [2.75, 3.05) is 36.9 Å². The lowest BCUT2D eigenvalue weighted by atomic mass is 10.1. The van der Waals surface area contributed by atoms with E-state index in [4.69, 9.17) is 27.9 Å². The lowest BCUT2D eigenvalue weighted by Crippen LogP contribution is -2.27. The van der Waals surface area contributed by atoms with E-state index in [9.17, 15) is 10.1 Å². The van der Waals surface area contributed by atoms with Gasteiger partial charge in [-0.1, -0.05) is 6.07 Å². The van der Waals surface area contributed by atoms with Gasteiger partial charge in [-0.3, -0.25) is 15.1 Å². The zero-order valence-corrected chi connectivity index (χ0v) is 16.7. The average molecular weight is 410 g/mol. The second-order valence-electron chi connectivity index (χ2n) is 5.78. The number of ether oxygens (including phenoxy) is 1. The van der Waals surface area contributed by atoms with Crippen LogP contribution in [0, 0.1) is 17.0 Å². The minimum absolute atomic E-state index is 0.0344. The fourth-order valence-electron chi connectivity index (χ4n) is 2.61. The van der Waals surface area contributed by atoms with Crippen LogP contribution in [0.2, 0.25) is 0 Å². The predicted molar refractivity (Wildman–Crippen MR) is 112 cm³/mol. The number of methoxy groups -OCH3 is 1. The number of aryl methyl sites for hydroxylation is 1. The van der Waals surface area contributed by atoms with Crippen LogP contribution in [0.1, 0.15) is 11.1 Å². The maximum absolute atomic E-state index is 11.0. The summed E-state index contributed by atoms with van der Waals surface area (Å²) in [4.78, 5) is 17.0. The van der Waals surface area contributed by atoms with E-state index in [1.54, 1.807) is 6.21 Å². The molecule has 0 aliphatic rings. The standard InChI is InChI=1S/C19H21Cl2N3O3/c1-14-11-16(23(9-7-20)10-8-21)4-3-15(14)13-22-18-12-17(24(25)26)5-6-19(18)27-2/h3-6,11-13H,7-10H2,1-2H3. The molecule has 0 aromatic heterocycles. The van der Waals surface area contributed by atoms with Gasteiger partial charge in [-0.05, 0) is 36.2 Å². The second-order valence-corrected chi connectivity index (χ2v) is 6.53. The molecule has 0 aliphatic carbocycles. The SMILES string of the molecule is COc1ccc([N+](=O)[O-])cc1N=Cc1ccc(N(CCCl)CCCl)cc1C. The third kappa shape index (κ3) is 5.58. The summed E-state index contributed by atoms with van der Waals surface area (Å²) in [5, 5.41) is 11.0. The van der Waals surface area contributed by atoms with Gasteiger partial charge in [0.25, 0.3) is 5.69 Å². The second kappa shape index (κ2) is 10.1. The van der Waals surface area contributed by atoms with E-state index >= 15 is 0 Å². The van der Waals surface area contributed by atoms with Crippen LogP contribution >= 0.6 is 23.2 Å². The molecule has 0 bridgehead atoms. The largest absolute Gasteiger partial charge is 0.494 e. The Balaban J connectivity index is 2.29. The maximum atomic E-state index is 11.0. The minimum atomic E-state index is -0.458. The Labute approximate surface area is 168 Å². The minimum Gasteiger partial charge on any atom is -0.494 e. The van der Waals surface area contributed by atoms with Crippen molar-refractivity contribution in [2.24, 2.45) is 4.99 Å². The fraction of sp³-hybridized carbons (Fsp3) is 0.316. The number of nitro groups is 1. The van der Waals surface area contributed by atoms with Crippen molar-refractivity contribution in [1.82, 2.24) is 0 Å². The Hall–Kier alpha value is -2.31. The molecule has 8 heteroatoms. The highest BCUT2D eigenvalue weighted by molar-refractivity contribution is 6.18. The van der Waals surface area contributed by atoms with Crippen LogP contribution in [-0.2, 0) is 0 Å². The Morgan fingerprint density at radius 2 is 1.89 bits per heavy atom. The number of hydrogen-bond donors (Lipinski definition) is 0. The van der Waals surface area contributed by atoms with Crippen molar-refractivity contribution < 1.29 is 9.66 Å². The Bertz CT molecular complexity index is 822. The number of hydrogen-bond acceptors (Lipinski definition) is 5. The first kappa shape index (κ1) is 21.0. The molecule has 0 spiro atoms. The van der Waals surface area contributed by atoms with Crippen molar-refractivity contribution in [3.05, 3.63) is 57.6 Å². The molecule has 2 aromatic carbocycles. The summed E-state index contributed by atoms with van der Waals surface area (Å²) in [7, 11) is 1.50. The third-order valence-corrected chi connectivity index (χ3v) is 4.38. The number of anilines is 1. The molecule has 2 rings (SSSR count). The van der Waals surface area contributed by atoms with E-state index < -0.39 is 4.92 Å². The third-order valence-electron chi connectivity index (χ3n) is 4.04. The molecule has 0 amide bonds. The molecular formula is C19H21Cl2N3O3. The molecule has 27 heavy (non-hydrogen) atoms. The first-order valence-electron chi connectivity index (χ1n) is 8.34. The van der Waals surface area contributed by atoms with E-state index in [0.717, 1.165) is 16.8 Å². The van der Waals surface area contributed by atoms with Crippen molar-refractivity contribution in [3.8, 4) is 5.75 Å². The lowest BCUT2D eigenvalue weighted by molar-refractivity contribution is -0.384. The van der Waals surface area contributed by atoms with Gasteiger partial charge >= 0.3 is 0 Å². The highest BCUT2D eigenvalue weighted by Crippen LogP contribution is 2.31. The van der Waals surface area contributed by atoms with Gasteiger partial charge in [0.2, 0.25) is 0 Å². The quantitative estimate of drug-likeness (QED) is 0.254. The van der Waals surface area contributed by atoms with Gasteiger partial charge in [0, 0.05) is 48.9 Å². The summed E-state index contributed by atoms with van der Waals surface area (Å²) in [5.41, 5.74) is 3.34. The van der Waals surface area contributed by atoms with E-state index in [1.807, 2.05) is 25.1 Å². The molecule has 144 valence electrons. The first-order chi connectivity index (χ1) is 13.0. The summed E-state index contributed by atoms with van der Waals surface area (Å²) >= 11 is 11.7. The topological polar surface area (TPSA) is 68.0 Å².